The third-order valence-corrected chi connectivity index (χ3v) is 6.20. The molecule has 2 fully saturated rings. The van der Waals surface area contributed by atoms with Crippen molar-refractivity contribution in [3.63, 3.8) is 0 Å². The molecule has 2 aliphatic rings. The Balaban J connectivity index is 1.99. The molecule has 0 spiro atoms. The second-order valence-electron chi connectivity index (χ2n) is 7.84. The molecule has 0 radical (unpaired) electrons. The second kappa shape index (κ2) is 10.1. The molecule has 2 rings (SSSR count). The van der Waals surface area contributed by atoms with E-state index in [0.29, 0.717) is 25.4 Å². The van der Waals surface area contributed by atoms with Gasteiger partial charge < -0.3 is 4.90 Å². The minimum absolute atomic E-state index is 0.0744. The van der Waals surface area contributed by atoms with E-state index in [9.17, 15) is 14.4 Å². The standard InChI is InChI=1S/C20H36N4O3/c1-5-14(4)18(25)21-22-19(26)16-10-8-13-24(16)20(27)17-11-9-12-23(17)15(6-2)7-3/h14-17H,5-13H2,1-4H3,(H,21,25)(H,22,26). The van der Waals surface area contributed by atoms with E-state index in [2.05, 4.69) is 29.6 Å². The zero-order valence-corrected chi connectivity index (χ0v) is 17.3. The van der Waals surface area contributed by atoms with Gasteiger partial charge in [-0.25, -0.2) is 0 Å². The molecule has 0 aromatic rings. The average Bonchev–Trinajstić information content (AvgIpc) is 3.35. The van der Waals surface area contributed by atoms with Gasteiger partial charge in [-0.1, -0.05) is 27.7 Å². The van der Waals surface area contributed by atoms with Gasteiger partial charge in [-0.3, -0.25) is 30.1 Å². The molecule has 3 unspecified atom stereocenters. The van der Waals surface area contributed by atoms with Crippen molar-refractivity contribution in [2.75, 3.05) is 13.1 Å². The van der Waals surface area contributed by atoms with E-state index in [1.807, 2.05) is 13.8 Å². The summed E-state index contributed by atoms with van der Waals surface area (Å²) in [5.74, 6) is -0.564. The number of likely N-dealkylation sites (tertiary alicyclic amines) is 2. The second-order valence-corrected chi connectivity index (χ2v) is 7.84. The van der Waals surface area contributed by atoms with Gasteiger partial charge in [-0.05, 0) is 51.5 Å². The fourth-order valence-electron chi connectivity index (χ4n) is 4.26. The van der Waals surface area contributed by atoms with Crippen LogP contribution in [-0.2, 0) is 14.4 Å². The van der Waals surface area contributed by atoms with E-state index in [4.69, 9.17) is 0 Å². The largest absolute Gasteiger partial charge is 0.329 e. The Kier molecular flexibility index (Phi) is 8.07. The molecule has 3 atom stereocenters. The molecule has 0 aromatic heterocycles. The first-order valence-electron chi connectivity index (χ1n) is 10.6. The van der Waals surface area contributed by atoms with Gasteiger partial charge in [0.05, 0.1) is 6.04 Å². The molecule has 2 aliphatic heterocycles. The van der Waals surface area contributed by atoms with Crippen LogP contribution >= 0.6 is 0 Å². The van der Waals surface area contributed by atoms with Crippen molar-refractivity contribution in [1.29, 1.82) is 0 Å². The lowest BCUT2D eigenvalue weighted by atomic mass is 10.1. The first-order valence-corrected chi connectivity index (χ1v) is 10.6. The summed E-state index contributed by atoms with van der Waals surface area (Å²) in [6, 6.07) is -0.178. The number of carbonyl (C=O) groups is 3. The van der Waals surface area contributed by atoms with Crippen LogP contribution < -0.4 is 10.9 Å². The highest BCUT2D eigenvalue weighted by Crippen LogP contribution is 2.28. The maximum Gasteiger partial charge on any atom is 0.261 e. The Morgan fingerprint density at radius 3 is 2.19 bits per heavy atom. The van der Waals surface area contributed by atoms with Gasteiger partial charge in [0.2, 0.25) is 11.8 Å². The van der Waals surface area contributed by atoms with Crippen LogP contribution in [0.15, 0.2) is 0 Å². The predicted octanol–water partition coefficient (Wildman–Crippen LogP) is 1.82. The molecule has 7 nitrogen and oxygen atoms in total. The Morgan fingerprint density at radius 2 is 1.56 bits per heavy atom. The normalized spacial score (nSPS) is 24.3. The van der Waals surface area contributed by atoms with Crippen molar-refractivity contribution >= 4 is 17.7 Å². The van der Waals surface area contributed by atoms with Crippen LogP contribution in [-0.4, -0.2) is 58.7 Å². The van der Waals surface area contributed by atoms with E-state index < -0.39 is 6.04 Å². The maximum absolute atomic E-state index is 13.2. The summed E-state index contributed by atoms with van der Waals surface area (Å²) >= 11 is 0. The van der Waals surface area contributed by atoms with Gasteiger partial charge in [-0.15, -0.1) is 0 Å². The number of rotatable bonds is 7. The lowest BCUT2D eigenvalue weighted by Gasteiger charge is -2.34. The zero-order valence-electron chi connectivity index (χ0n) is 17.3. The van der Waals surface area contributed by atoms with Crippen LogP contribution in [0, 0.1) is 5.92 Å². The summed E-state index contributed by atoms with van der Waals surface area (Å²) in [5.41, 5.74) is 5.02. The number of amides is 3. The summed E-state index contributed by atoms with van der Waals surface area (Å²) in [6.45, 7) is 9.65. The SMILES string of the molecule is CCC(C)C(=O)NNC(=O)C1CCCN1C(=O)C1CCCN1C(CC)CC. The Labute approximate surface area is 163 Å². The summed E-state index contributed by atoms with van der Waals surface area (Å²) < 4.78 is 0. The molecule has 2 N–H and O–H groups in total. The van der Waals surface area contributed by atoms with Crippen molar-refractivity contribution < 1.29 is 14.4 Å². The van der Waals surface area contributed by atoms with Crippen LogP contribution in [0.1, 0.15) is 72.6 Å². The Bertz CT molecular complexity index is 535. The molecular formula is C20H36N4O3. The number of nitrogens with one attached hydrogen (secondary N) is 2. The van der Waals surface area contributed by atoms with E-state index in [0.717, 1.165) is 38.6 Å². The van der Waals surface area contributed by atoms with Gasteiger partial charge in [0, 0.05) is 18.5 Å². The molecule has 0 saturated carbocycles. The minimum Gasteiger partial charge on any atom is -0.329 e. The highest BCUT2D eigenvalue weighted by molar-refractivity contribution is 5.91. The van der Waals surface area contributed by atoms with Gasteiger partial charge in [-0.2, -0.15) is 0 Å². The predicted molar refractivity (Wildman–Crippen MR) is 105 cm³/mol. The van der Waals surface area contributed by atoms with Gasteiger partial charge in [0.15, 0.2) is 0 Å². The van der Waals surface area contributed by atoms with Crippen molar-refractivity contribution in [2.24, 2.45) is 5.92 Å². The fraction of sp³-hybridized carbons (Fsp3) is 0.850. The molecule has 7 heteroatoms. The number of nitrogens with zero attached hydrogens (tertiary/aromatic N) is 2. The van der Waals surface area contributed by atoms with Gasteiger partial charge in [0.1, 0.15) is 6.04 Å². The molecule has 2 heterocycles. The number of hydrogen-bond acceptors (Lipinski definition) is 4. The molecular weight excluding hydrogens is 344 g/mol. The summed E-state index contributed by atoms with van der Waals surface area (Å²) in [5, 5.41) is 0. The molecule has 0 aliphatic carbocycles. The minimum atomic E-state index is -0.487. The third-order valence-electron chi connectivity index (χ3n) is 6.20. The highest BCUT2D eigenvalue weighted by Gasteiger charge is 2.41. The summed E-state index contributed by atoms with van der Waals surface area (Å²) in [6.07, 6.45) is 6.14. The summed E-state index contributed by atoms with van der Waals surface area (Å²) in [7, 11) is 0. The van der Waals surface area contributed by atoms with Gasteiger partial charge >= 0.3 is 0 Å². The van der Waals surface area contributed by atoms with Crippen molar-refractivity contribution in [2.45, 2.75) is 90.8 Å². The lowest BCUT2D eigenvalue weighted by Crippen LogP contribution is -2.56. The van der Waals surface area contributed by atoms with E-state index in [1.165, 1.54) is 0 Å². The van der Waals surface area contributed by atoms with E-state index in [1.54, 1.807) is 4.90 Å². The Hall–Kier alpha value is -1.63. The third kappa shape index (κ3) is 5.00. The maximum atomic E-state index is 13.2. The Morgan fingerprint density at radius 1 is 0.926 bits per heavy atom. The molecule has 0 aromatic carbocycles. The van der Waals surface area contributed by atoms with Crippen LogP contribution in [0.25, 0.3) is 0 Å². The topological polar surface area (TPSA) is 81.8 Å². The number of carbonyl (C=O) groups excluding carboxylic acids is 3. The molecule has 2 saturated heterocycles. The average molecular weight is 381 g/mol. The van der Waals surface area contributed by atoms with Crippen LogP contribution in [0.2, 0.25) is 0 Å². The molecule has 154 valence electrons. The number of hydrogen-bond donors (Lipinski definition) is 2. The van der Waals surface area contributed by atoms with Crippen molar-refractivity contribution in [3.8, 4) is 0 Å². The van der Waals surface area contributed by atoms with Gasteiger partial charge in [0.25, 0.3) is 5.91 Å². The molecule has 0 bridgehead atoms. The van der Waals surface area contributed by atoms with Crippen LogP contribution in [0.4, 0.5) is 0 Å². The highest BCUT2D eigenvalue weighted by atomic mass is 16.2. The van der Waals surface area contributed by atoms with Crippen LogP contribution in [0.3, 0.4) is 0 Å². The fourth-order valence-corrected chi connectivity index (χ4v) is 4.26. The lowest BCUT2D eigenvalue weighted by molar-refractivity contribution is -0.143. The van der Waals surface area contributed by atoms with Crippen molar-refractivity contribution in [1.82, 2.24) is 20.7 Å². The first kappa shape index (κ1) is 21.7. The van der Waals surface area contributed by atoms with E-state index in [-0.39, 0.29) is 29.7 Å². The quantitative estimate of drug-likeness (QED) is 0.660. The summed E-state index contributed by atoms with van der Waals surface area (Å²) in [4.78, 5) is 41.8. The van der Waals surface area contributed by atoms with E-state index >= 15 is 0 Å². The molecule has 3 amide bonds. The number of hydrazine groups is 1. The van der Waals surface area contributed by atoms with Crippen LogP contribution in [0.5, 0.6) is 0 Å². The smallest absolute Gasteiger partial charge is 0.261 e. The zero-order chi connectivity index (χ0) is 20.0. The van der Waals surface area contributed by atoms with Crippen molar-refractivity contribution in [3.05, 3.63) is 0 Å². The molecule has 27 heavy (non-hydrogen) atoms. The monoisotopic (exact) mass is 380 g/mol. The first-order chi connectivity index (χ1) is 12.9.